The van der Waals surface area contributed by atoms with E-state index in [4.69, 9.17) is 5.73 Å². The molecule has 0 atom stereocenters. The molecular formula is C16H18I3N3O5. The molecule has 0 unspecified atom stereocenters. The average molecular weight is 713 g/mol. The van der Waals surface area contributed by atoms with Gasteiger partial charge in [-0.1, -0.05) is 13.3 Å². The van der Waals surface area contributed by atoms with Crippen LogP contribution in [0.2, 0.25) is 0 Å². The van der Waals surface area contributed by atoms with Crippen LogP contribution in [0.4, 0.5) is 5.69 Å². The number of carbonyl (C=O) groups is 4. The Hall–Kier alpha value is -0.550. The molecule has 27 heavy (non-hydrogen) atoms. The lowest BCUT2D eigenvalue weighted by molar-refractivity contribution is -0.126. The number of benzene rings is 1. The molecule has 3 amide bonds. The number of hydrogen-bond donors (Lipinski definition) is 3. The Kier molecular flexibility index (Phi) is 9.84. The van der Waals surface area contributed by atoms with Gasteiger partial charge in [-0.25, -0.2) is 4.79 Å². The number of unbranched alkanes of at least 4 members (excludes halogenated alkanes) is 1. The fourth-order valence-electron chi connectivity index (χ4n) is 2.11. The maximum Gasteiger partial charge on any atom is 0.337 e. The molecule has 11 heteroatoms. The van der Waals surface area contributed by atoms with Gasteiger partial charge in [-0.15, -0.1) is 0 Å². The first-order chi connectivity index (χ1) is 12.6. The molecule has 0 saturated carbocycles. The van der Waals surface area contributed by atoms with Gasteiger partial charge in [0, 0.05) is 17.0 Å². The van der Waals surface area contributed by atoms with E-state index in [0.29, 0.717) is 13.6 Å². The third kappa shape index (κ3) is 5.72. The molecule has 0 heterocycles. The molecule has 0 spiro atoms. The molecule has 0 radical (unpaired) electrons. The summed E-state index contributed by atoms with van der Waals surface area (Å²) in [6, 6.07) is 0. The summed E-state index contributed by atoms with van der Waals surface area (Å²) >= 11 is 5.49. The van der Waals surface area contributed by atoms with E-state index in [-0.39, 0.29) is 39.3 Å². The van der Waals surface area contributed by atoms with E-state index in [1.165, 1.54) is 7.05 Å². The van der Waals surface area contributed by atoms with Crippen molar-refractivity contribution in [2.45, 2.75) is 26.2 Å². The maximum absolute atomic E-state index is 12.8. The van der Waals surface area contributed by atoms with Crippen LogP contribution in [0, 0.1) is 10.7 Å². The van der Waals surface area contributed by atoms with Crippen molar-refractivity contribution >= 4 is 97.2 Å². The minimum atomic E-state index is -1.23. The molecule has 8 nitrogen and oxygen atoms in total. The Morgan fingerprint density at radius 2 is 1.63 bits per heavy atom. The molecular weight excluding hydrogens is 695 g/mol. The Bertz CT molecular complexity index is 798. The summed E-state index contributed by atoms with van der Waals surface area (Å²) in [5.74, 6) is -2.78. The molecule has 1 aromatic carbocycles. The van der Waals surface area contributed by atoms with E-state index in [1.54, 1.807) is 22.6 Å². The zero-order chi connectivity index (χ0) is 20.9. The van der Waals surface area contributed by atoms with Gasteiger partial charge in [0.2, 0.25) is 11.8 Å². The molecule has 0 bridgehead atoms. The van der Waals surface area contributed by atoms with E-state index < -0.39 is 17.8 Å². The predicted octanol–water partition coefficient (Wildman–Crippen LogP) is 2.88. The highest BCUT2D eigenvalue weighted by Crippen LogP contribution is 2.36. The van der Waals surface area contributed by atoms with Crippen molar-refractivity contribution in [3.05, 3.63) is 21.8 Å². The number of imide groups is 1. The lowest BCUT2D eigenvalue weighted by Gasteiger charge is -2.21. The number of aromatic carboxylic acids is 1. The van der Waals surface area contributed by atoms with E-state index in [9.17, 15) is 24.3 Å². The quantitative estimate of drug-likeness (QED) is 0.373. The second kappa shape index (κ2) is 10.8. The lowest BCUT2D eigenvalue weighted by Crippen LogP contribution is -2.38. The van der Waals surface area contributed by atoms with Crippen LogP contribution in [0.3, 0.4) is 0 Å². The molecule has 1 rings (SSSR count). The van der Waals surface area contributed by atoms with E-state index in [0.717, 1.165) is 11.3 Å². The van der Waals surface area contributed by atoms with Gasteiger partial charge in [-0.05, 0) is 74.2 Å². The molecule has 0 aliphatic rings. The molecule has 148 valence electrons. The van der Waals surface area contributed by atoms with Crippen LogP contribution >= 0.6 is 67.8 Å². The third-order valence-corrected chi connectivity index (χ3v) is 6.86. The summed E-state index contributed by atoms with van der Waals surface area (Å²) in [6.07, 6.45) is 1.81. The molecule has 4 N–H and O–H groups in total. The number of nitrogens with one attached hydrogen (secondary N) is 1. The van der Waals surface area contributed by atoms with Crippen LogP contribution in [-0.4, -0.2) is 47.3 Å². The van der Waals surface area contributed by atoms with Gasteiger partial charge in [0.05, 0.1) is 30.5 Å². The monoisotopic (exact) mass is 713 g/mol. The fraction of sp³-hybridized carbons (Fsp3) is 0.375. The van der Waals surface area contributed by atoms with Gasteiger partial charge in [0.15, 0.2) is 0 Å². The van der Waals surface area contributed by atoms with Crippen LogP contribution in [-0.2, 0) is 9.59 Å². The highest BCUT2D eigenvalue weighted by Gasteiger charge is 2.31. The number of nitrogens with zero attached hydrogens (tertiary/aromatic N) is 1. The average Bonchev–Trinajstić information content (AvgIpc) is 2.61. The molecule has 0 aliphatic carbocycles. The number of amides is 3. The Morgan fingerprint density at radius 3 is 2.11 bits per heavy atom. The van der Waals surface area contributed by atoms with Gasteiger partial charge >= 0.3 is 5.97 Å². The number of carbonyl (C=O) groups excluding carboxylic acids is 3. The highest BCUT2D eigenvalue weighted by molar-refractivity contribution is 14.1. The topological polar surface area (TPSA) is 130 Å². The zero-order valence-corrected chi connectivity index (χ0v) is 21.0. The predicted molar refractivity (Wildman–Crippen MR) is 126 cm³/mol. The first-order valence-electron chi connectivity index (χ1n) is 7.82. The van der Waals surface area contributed by atoms with E-state index in [2.05, 4.69) is 5.32 Å². The normalized spacial score (nSPS) is 10.4. The lowest BCUT2D eigenvalue weighted by atomic mass is 10.1. The van der Waals surface area contributed by atoms with E-state index >= 15 is 0 Å². The maximum atomic E-state index is 12.8. The van der Waals surface area contributed by atoms with Crippen LogP contribution in [0.1, 0.15) is 46.9 Å². The summed E-state index contributed by atoms with van der Waals surface area (Å²) in [5, 5.41) is 12.3. The Balaban J connectivity index is 3.59. The number of carboxylic acid groups (broad SMARTS) is 1. The number of halogens is 3. The van der Waals surface area contributed by atoms with Crippen molar-refractivity contribution in [3.63, 3.8) is 0 Å². The standard InChI is InChI=1S/C16H18I3N3O5/c1-3-4-5-7(23)21-14-12(18)9(15(25)22(2)8(24)6-20)11(17)10(13(14)19)16(26)27/h3-6,20H2,1-2H3,(H,21,23)(H,26,27). The zero-order valence-electron chi connectivity index (χ0n) is 14.6. The van der Waals surface area contributed by atoms with Crippen LogP contribution in [0.15, 0.2) is 0 Å². The molecule has 0 aromatic heterocycles. The Morgan fingerprint density at radius 1 is 1.07 bits per heavy atom. The highest BCUT2D eigenvalue weighted by atomic mass is 127. The molecule has 1 aromatic rings. The number of rotatable bonds is 7. The van der Waals surface area contributed by atoms with Crippen molar-refractivity contribution in [3.8, 4) is 0 Å². The van der Waals surface area contributed by atoms with Crippen molar-refractivity contribution in [1.82, 2.24) is 4.90 Å². The number of carboxylic acids is 1. The second-order valence-electron chi connectivity index (χ2n) is 5.49. The molecule has 0 aliphatic heterocycles. The summed E-state index contributed by atoms with van der Waals surface area (Å²) in [5.41, 5.74) is 5.51. The van der Waals surface area contributed by atoms with Crippen LogP contribution in [0.5, 0.6) is 0 Å². The SMILES string of the molecule is CCCCC(=O)Nc1c(I)c(C(=O)O)c(I)c(C(=O)N(C)C(=O)CN)c1I. The number of nitrogens with two attached hydrogens (primary N) is 1. The number of likely N-dealkylation sites (N-methyl/N-ethyl adjacent to an activating group) is 1. The van der Waals surface area contributed by atoms with Gasteiger partial charge in [-0.3, -0.25) is 19.3 Å². The molecule has 0 fully saturated rings. The smallest absolute Gasteiger partial charge is 0.337 e. The minimum absolute atomic E-state index is 0.0455. The van der Waals surface area contributed by atoms with Gasteiger partial charge in [0.1, 0.15) is 0 Å². The summed E-state index contributed by atoms with van der Waals surface area (Å²) in [7, 11) is 1.28. The Labute approximate surface area is 197 Å². The van der Waals surface area contributed by atoms with Gasteiger partial charge in [-0.2, -0.15) is 0 Å². The van der Waals surface area contributed by atoms with Crippen molar-refractivity contribution < 1.29 is 24.3 Å². The van der Waals surface area contributed by atoms with E-state index in [1.807, 2.05) is 52.1 Å². The van der Waals surface area contributed by atoms with Crippen molar-refractivity contribution in [2.75, 3.05) is 18.9 Å². The van der Waals surface area contributed by atoms with Crippen molar-refractivity contribution in [2.24, 2.45) is 5.73 Å². The summed E-state index contributed by atoms with van der Waals surface area (Å²) in [6.45, 7) is 1.60. The van der Waals surface area contributed by atoms with Crippen LogP contribution < -0.4 is 11.1 Å². The summed E-state index contributed by atoms with van der Waals surface area (Å²) < 4.78 is 0.892. The van der Waals surface area contributed by atoms with Gasteiger partial charge in [0.25, 0.3) is 5.91 Å². The largest absolute Gasteiger partial charge is 0.478 e. The number of hydrogen-bond acceptors (Lipinski definition) is 5. The van der Waals surface area contributed by atoms with Crippen molar-refractivity contribution in [1.29, 1.82) is 0 Å². The minimum Gasteiger partial charge on any atom is -0.478 e. The third-order valence-electron chi connectivity index (χ3n) is 3.62. The fourth-order valence-corrected chi connectivity index (χ4v) is 6.47. The second-order valence-corrected chi connectivity index (χ2v) is 8.72. The first-order valence-corrected chi connectivity index (χ1v) is 11.1. The van der Waals surface area contributed by atoms with Crippen LogP contribution in [0.25, 0.3) is 0 Å². The molecule has 0 saturated heterocycles. The first kappa shape index (κ1) is 24.5. The number of anilines is 1. The van der Waals surface area contributed by atoms with Gasteiger partial charge < -0.3 is 16.2 Å². The summed E-state index contributed by atoms with van der Waals surface area (Å²) in [4.78, 5) is 49.4.